The Hall–Kier alpha value is -1.78. The number of hydrogen-bond donors (Lipinski definition) is 1. The van der Waals surface area contributed by atoms with Gasteiger partial charge in [-0.05, 0) is 18.9 Å². The molecule has 0 aromatic carbocycles. The fourth-order valence-electron chi connectivity index (χ4n) is 2.03. The molecule has 0 spiro atoms. The van der Waals surface area contributed by atoms with Crippen LogP contribution in [0.15, 0.2) is 17.6 Å². The minimum absolute atomic E-state index is 0.0418. The predicted molar refractivity (Wildman–Crippen MR) is 79.7 cm³/mol. The molecule has 0 fully saturated rings. The molecule has 3 rings (SSSR count). The van der Waals surface area contributed by atoms with E-state index in [9.17, 15) is 4.79 Å². The molecule has 1 aliphatic rings. The lowest BCUT2D eigenvalue weighted by Gasteiger charge is -2.18. The normalized spacial score (nSPS) is 17.4. The van der Waals surface area contributed by atoms with E-state index in [0.717, 1.165) is 24.2 Å². The van der Waals surface area contributed by atoms with Crippen molar-refractivity contribution in [3.63, 3.8) is 0 Å². The summed E-state index contributed by atoms with van der Waals surface area (Å²) >= 11 is 4.72. The quantitative estimate of drug-likeness (QED) is 0.843. The van der Waals surface area contributed by atoms with Gasteiger partial charge in [-0.1, -0.05) is 15.9 Å². The van der Waals surface area contributed by atoms with Gasteiger partial charge in [-0.15, -0.1) is 11.3 Å². The fraction of sp³-hybridized carbons (Fsp3) is 0.231. The van der Waals surface area contributed by atoms with E-state index in [1.807, 2.05) is 5.38 Å². The maximum Gasteiger partial charge on any atom is 0.227 e. The molecule has 100 valence electrons. The molecule has 1 N–H and O–H groups in total. The summed E-state index contributed by atoms with van der Waals surface area (Å²) in [6.07, 6.45) is 3.07. The van der Waals surface area contributed by atoms with Crippen LogP contribution < -0.4 is 5.32 Å². The van der Waals surface area contributed by atoms with Crippen molar-refractivity contribution in [1.29, 1.82) is 5.26 Å². The number of thiophene rings is 1. The second kappa shape index (κ2) is 5.31. The van der Waals surface area contributed by atoms with Crippen LogP contribution in [0.2, 0.25) is 0 Å². The van der Waals surface area contributed by atoms with Gasteiger partial charge in [0.1, 0.15) is 10.9 Å². The highest BCUT2D eigenvalue weighted by molar-refractivity contribution is 9.10. The summed E-state index contributed by atoms with van der Waals surface area (Å²) in [5.41, 5.74) is 2.15. The van der Waals surface area contributed by atoms with Crippen LogP contribution in [-0.4, -0.2) is 20.6 Å². The van der Waals surface area contributed by atoms with Crippen molar-refractivity contribution >= 4 is 44.7 Å². The topological polar surface area (TPSA) is 78.7 Å². The van der Waals surface area contributed by atoms with E-state index in [-0.39, 0.29) is 10.6 Å². The van der Waals surface area contributed by atoms with Gasteiger partial charge in [0.05, 0.1) is 21.8 Å². The lowest BCUT2D eigenvalue weighted by molar-refractivity contribution is 0.0980. The molecule has 20 heavy (non-hydrogen) atoms. The van der Waals surface area contributed by atoms with Crippen molar-refractivity contribution < 1.29 is 4.79 Å². The first kappa shape index (κ1) is 13.2. The number of fused-ring (bicyclic) bond motifs is 1. The van der Waals surface area contributed by atoms with Gasteiger partial charge in [-0.3, -0.25) is 4.79 Å². The highest BCUT2D eigenvalue weighted by Gasteiger charge is 2.26. The maximum atomic E-state index is 11.9. The van der Waals surface area contributed by atoms with Crippen molar-refractivity contribution in [2.24, 2.45) is 0 Å². The van der Waals surface area contributed by atoms with Gasteiger partial charge in [-0.2, -0.15) is 5.26 Å². The van der Waals surface area contributed by atoms with Crippen LogP contribution in [0.4, 0.5) is 11.6 Å². The number of ketones is 1. The summed E-state index contributed by atoms with van der Waals surface area (Å²) < 4.78 is 0. The number of hydrogen-bond acceptors (Lipinski definition) is 6. The van der Waals surface area contributed by atoms with E-state index in [0.29, 0.717) is 16.4 Å². The maximum absolute atomic E-state index is 11.9. The van der Waals surface area contributed by atoms with Crippen molar-refractivity contribution in [1.82, 2.24) is 9.97 Å². The Morgan fingerprint density at radius 3 is 3.15 bits per heavy atom. The zero-order valence-electron chi connectivity index (χ0n) is 10.3. The number of rotatable bonds is 2. The third-order valence-corrected chi connectivity index (χ3v) is 4.73. The third-order valence-electron chi connectivity index (χ3n) is 3.02. The number of aromatic nitrogens is 2. The second-order valence-corrected chi connectivity index (χ2v) is 6.38. The van der Waals surface area contributed by atoms with Crippen LogP contribution in [0.1, 0.15) is 27.3 Å². The Morgan fingerprint density at radius 2 is 2.40 bits per heavy atom. The van der Waals surface area contributed by atoms with E-state index in [2.05, 4.69) is 37.3 Å². The summed E-state index contributed by atoms with van der Waals surface area (Å²) in [6.45, 7) is 0. The van der Waals surface area contributed by atoms with E-state index < -0.39 is 0 Å². The van der Waals surface area contributed by atoms with Crippen molar-refractivity contribution in [2.45, 2.75) is 17.7 Å². The first-order valence-electron chi connectivity index (χ1n) is 5.97. The lowest BCUT2D eigenvalue weighted by atomic mass is 9.96. The van der Waals surface area contributed by atoms with Crippen LogP contribution >= 0.6 is 27.3 Å². The van der Waals surface area contributed by atoms with Gasteiger partial charge >= 0.3 is 0 Å². The van der Waals surface area contributed by atoms with Crippen molar-refractivity contribution in [3.8, 4) is 6.07 Å². The molecule has 0 amide bonds. The molecule has 0 aliphatic heterocycles. The van der Waals surface area contributed by atoms with Crippen molar-refractivity contribution in [2.75, 3.05) is 5.32 Å². The average molecular weight is 349 g/mol. The molecule has 2 aromatic rings. The lowest BCUT2D eigenvalue weighted by Crippen LogP contribution is -2.24. The van der Waals surface area contributed by atoms with Crippen LogP contribution in [0.3, 0.4) is 0 Å². The SMILES string of the molecule is N#Cc1cc(Nc2ncc3c(n2)CCC(Br)C3=O)cs1. The minimum Gasteiger partial charge on any atom is -0.323 e. The third kappa shape index (κ3) is 2.44. The average Bonchev–Trinajstić information content (AvgIpc) is 2.91. The van der Waals surface area contributed by atoms with E-state index in [1.165, 1.54) is 11.3 Å². The molecule has 1 atom stereocenters. The van der Waals surface area contributed by atoms with Gasteiger partial charge < -0.3 is 5.32 Å². The van der Waals surface area contributed by atoms with E-state index in [4.69, 9.17) is 5.26 Å². The van der Waals surface area contributed by atoms with Gasteiger partial charge in [-0.25, -0.2) is 9.97 Å². The van der Waals surface area contributed by atoms with E-state index in [1.54, 1.807) is 12.3 Å². The van der Waals surface area contributed by atoms with Crippen LogP contribution in [-0.2, 0) is 6.42 Å². The molecule has 2 heterocycles. The first-order chi connectivity index (χ1) is 9.67. The molecule has 0 bridgehead atoms. The highest BCUT2D eigenvalue weighted by Crippen LogP contribution is 2.26. The van der Waals surface area contributed by atoms with Crippen molar-refractivity contribution in [3.05, 3.63) is 33.8 Å². The molecule has 7 heteroatoms. The zero-order chi connectivity index (χ0) is 14.1. The van der Waals surface area contributed by atoms with Gasteiger partial charge in [0, 0.05) is 11.6 Å². The van der Waals surface area contributed by atoms with Gasteiger partial charge in [0.25, 0.3) is 0 Å². The standard InChI is InChI=1S/C13H9BrN4OS/c14-10-1-2-11-9(12(10)19)5-16-13(18-11)17-7-3-8(4-15)20-6-7/h3,5-6,10H,1-2H2,(H,16,17,18). The number of alkyl halides is 1. The number of carbonyl (C=O) groups excluding carboxylic acids is 1. The number of nitrogens with zero attached hydrogens (tertiary/aromatic N) is 3. The molecular weight excluding hydrogens is 340 g/mol. The first-order valence-corrected chi connectivity index (χ1v) is 7.77. The molecule has 5 nitrogen and oxygen atoms in total. The smallest absolute Gasteiger partial charge is 0.227 e. The molecular formula is C13H9BrN4OS. The number of anilines is 2. The van der Waals surface area contributed by atoms with Gasteiger partial charge in [0.2, 0.25) is 5.95 Å². The zero-order valence-corrected chi connectivity index (χ0v) is 12.7. The number of aryl methyl sites for hydroxylation is 1. The minimum atomic E-state index is -0.132. The largest absolute Gasteiger partial charge is 0.323 e. The number of nitrogens with one attached hydrogen (secondary N) is 1. The number of halogens is 1. The second-order valence-electron chi connectivity index (χ2n) is 4.36. The molecule has 2 aromatic heterocycles. The summed E-state index contributed by atoms with van der Waals surface area (Å²) in [6, 6.07) is 3.82. The van der Waals surface area contributed by atoms with Crippen LogP contribution in [0, 0.1) is 11.3 Å². The Bertz CT molecular complexity index is 721. The Labute approximate surface area is 127 Å². The summed E-state index contributed by atoms with van der Waals surface area (Å²) in [7, 11) is 0. The Balaban J connectivity index is 1.86. The van der Waals surface area contributed by atoms with Gasteiger partial charge in [0.15, 0.2) is 5.78 Å². The molecule has 1 aliphatic carbocycles. The predicted octanol–water partition coefficient (Wildman–Crippen LogP) is 3.05. The fourth-order valence-corrected chi connectivity index (χ4v) is 3.13. The molecule has 0 saturated heterocycles. The highest BCUT2D eigenvalue weighted by atomic mass is 79.9. The monoisotopic (exact) mass is 348 g/mol. The summed E-state index contributed by atoms with van der Waals surface area (Å²) in [5, 5.41) is 13.7. The van der Waals surface area contributed by atoms with E-state index >= 15 is 0 Å². The summed E-state index contributed by atoms with van der Waals surface area (Å²) in [4.78, 5) is 21.0. The number of carbonyl (C=O) groups is 1. The number of Topliss-reactive ketones (excluding diaryl/α,β-unsaturated/α-hetero) is 1. The van der Waals surface area contributed by atoms with Crippen LogP contribution in [0.25, 0.3) is 0 Å². The number of nitriles is 1. The molecule has 1 unspecified atom stereocenters. The molecule has 0 radical (unpaired) electrons. The Morgan fingerprint density at radius 1 is 1.55 bits per heavy atom. The summed E-state index contributed by atoms with van der Waals surface area (Å²) in [5.74, 6) is 0.493. The molecule has 0 saturated carbocycles. The van der Waals surface area contributed by atoms with Crippen LogP contribution in [0.5, 0.6) is 0 Å². The Kier molecular flexibility index (Phi) is 3.51.